The Bertz CT molecular complexity index is 992. The molecule has 6 nitrogen and oxygen atoms in total. The summed E-state index contributed by atoms with van der Waals surface area (Å²) in [5.41, 5.74) is 3.18. The molecule has 1 amide bonds. The highest BCUT2D eigenvalue weighted by Crippen LogP contribution is 2.32. The Labute approximate surface area is 167 Å². The summed E-state index contributed by atoms with van der Waals surface area (Å²) in [6, 6.07) is 16.7. The minimum Gasteiger partial charge on any atom is -0.454 e. The van der Waals surface area contributed by atoms with Crippen LogP contribution >= 0.6 is 11.6 Å². The van der Waals surface area contributed by atoms with Crippen molar-refractivity contribution in [1.82, 2.24) is 10.3 Å². The molecule has 1 aliphatic rings. The van der Waals surface area contributed by atoms with Crippen LogP contribution in [0.5, 0.6) is 11.5 Å². The van der Waals surface area contributed by atoms with Gasteiger partial charge in [0, 0.05) is 30.0 Å². The number of anilines is 1. The van der Waals surface area contributed by atoms with Gasteiger partial charge in [-0.25, -0.2) is 0 Å². The van der Waals surface area contributed by atoms with E-state index in [-0.39, 0.29) is 12.7 Å². The molecule has 0 atom stereocenters. The van der Waals surface area contributed by atoms with Crippen molar-refractivity contribution >= 4 is 23.2 Å². The van der Waals surface area contributed by atoms with Crippen LogP contribution in [0, 0.1) is 0 Å². The van der Waals surface area contributed by atoms with Crippen LogP contribution in [-0.2, 0) is 13.1 Å². The number of hydrogen-bond donors (Lipinski definition) is 2. The minimum absolute atomic E-state index is 0.227. The molecule has 7 heteroatoms. The molecule has 0 aliphatic carbocycles. The van der Waals surface area contributed by atoms with Gasteiger partial charge >= 0.3 is 0 Å². The average molecular weight is 396 g/mol. The highest BCUT2D eigenvalue weighted by molar-refractivity contribution is 6.30. The molecule has 0 bridgehead atoms. The van der Waals surface area contributed by atoms with E-state index in [4.69, 9.17) is 21.1 Å². The zero-order chi connectivity index (χ0) is 19.3. The van der Waals surface area contributed by atoms with E-state index >= 15 is 0 Å². The number of fused-ring (bicyclic) bond motifs is 1. The summed E-state index contributed by atoms with van der Waals surface area (Å²) in [6.07, 6.45) is 1.61. The van der Waals surface area contributed by atoms with Gasteiger partial charge in [0.2, 0.25) is 6.79 Å². The third-order valence-electron chi connectivity index (χ3n) is 4.29. The van der Waals surface area contributed by atoms with Gasteiger partial charge in [0.05, 0.1) is 0 Å². The molecule has 0 radical (unpaired) electrons. The number of halogens is 1. The van der Waals surface area contributed by atoms with Crippen LogP contribution in [0.1, 0.15) is 21.6 Å². The second-order valence-corrected chi connectivity index (χ2v) is 6.72. The molecular weight excluding hydrogens is 378 g/mol. The summed E-state index contributed by atoms with van der Waals surface area (Å²) >= 11 is 5.90. The van der Waals surface area contributed by atoms with Crippen molar-refractivity contribution in [1.29, 1.82) is 0 Å². The van der Waals surface area contributed by atoms with Crippen molar-refractivity contribution in [2.75, 3.05) is 12.1 Å². The predicted molar refractivity (Wildman–Crippen MR) is 107 cm³/mol. The van der Waals surface area contributed by atoms with Gasteiger partial charge in [-0.15, -0.1) is 0 Å². The van der Waals surface area contributed by atoms with Crippen molar-refractivity contribution in [2.24, 2.45) is 0 Å². The van der Waals surface area contributed by atoms with Crippen molar-refractivity contribution in [2.45, 2.75) is 13.1 Å². The number of benzene rings is 2. The van der Waals surface area contributed by atoms with E-state index in [1.807, 2.05) is 48.5 Å². The normalized spacial score (nSPS) is 11.9. The lowest BCUT2D eigenvalue weighted by Crippen LogP contribution is -2.23. The molecular formula is C21H18ClN3O3. The Hall–Kier alpha value is -3.25. The number of nitrogens with zero attached hydrogens (tertiary/aromatic N) is 1. The Kier molecular flexibility index (Phi) is 5.30. The number of ether oxygens (including phenoxy) is 2. The van der Waals surface area contributed by atoms with Crippen LogP contribution in [0.15, 0.2) is 60.8 Å². The van der Waals surface area contributed by atoms with Crippen molar-refractivity contribution < 1.29 is 14.3 Å². The van der Waals surface area contributed by atoms with Crippen LogP contribution in [0.3, 0.4) is 0 Å². The number of nitrogens with one attached hydrogen (secondary N) is 2. The Morgan fingerprint density at radius 2 is 1.75 bits per heavy atom. The van der Waals surface area contributed by atoms with Crippen LogP contribution < -0.4 is 20.1 Å². The lowest BCUT2D eigenvalue weighted by atomic mass is 10.2. The number of pyridine rings is 1. The molecule has 0 unspecified atom stereocenters. The second-order valence-electron chi connectivity index (χ2n) is 6.28. The quantitative estimate of drug-likeness (QED) is 0.659. The Balaban J connectivity index is 1.35. The van der Waals surface area contributed by atoms with Gasteiger partial charge in [0.1, 0.15) is 5.69 Å². The van der Waals surface area contributed by atoms with Crippen LogP contribution in [0.4, 0.5) is 5.69 Å². The molecule has 0 saturated carbocycles. The zero-order valence-electron chi connectivity index (χ0n) is 14.9. The van der Waals surface area contributed by atoms with E-state index in [0.717, 1.165) is 22.6 Å². The van der Waals surface area contributed by atoms with Crippen molar-refractivity contribution in [3.63, 3.8) is 0 Å². The molecule has 2 N–H and O–H groups in total. The zero-order valence-corrected chi connectivity index (χ0v) is 15.7. The number of amides is 1. The van der Waals surface area contributed by atoms with Gasteiger partial charge in [-0.1, -0.05) is 29.8 Å². The number of hydrogen-bond acceptors (Lipinski definition) is 5. The third kappa shape index (κ3) is 4.35. The highest BCUT2D eigenvalue weighted by Gasteiger charge is 2.14. The molecule has 1 aliphatic heterocycles. The number of carbonyl (C=O) groups excluding carboxylic acids is 1. The van der Waals surface area contributed by atoms with Gasteiger partial charge in [-0.3, -0.25) is 9.78 Å². The van der Waals surface area contributed by atoms with Gasteiger partial charge < -0.3 is 20.1 Å². The highest BCUT2D eigenvalue weighted by atomic mass is 35.5. The van der Waals surface area contributed by atoms with Crippen molar-refractivity contribution in [3.05, 3.63) is 82.6 Å². The van der Waals surface area contributed by atoms with E-state index in [1.165, 1.54) is 0 Å². The summed E-state index contributed by atoms with van der Waals surface area (Å²) in [6.45, 7) is 1.23. The fourth-order valence-electron chi connectivity index (χ4n) is 2.79. The van der Waals surface area contributed by atoms with Gasteiger partial charge in [-0.2, -0.15) is 0 Å². The fraction of sp³-hybridized carbons (Fsp3) is 0.143. The van der Waals surface area contributed by atoms with E-state index in [1.54, 1.807) is 12.3 Å². The standard InChI is InChI=1S/C21H18ClN3O3/c22-16-4-1-14(2-5-16)11-24-17-7-8-23-18(10-17)21(26)25-12-15-3-6-19-20(9-15)28-13-27-19/h1-10H,11-13H2,(H,23,24)(H,25,26). The maximum Gasteiger partial charge on any atom is 0.270 e. The Morgan fingerprint density at radius 1 is 0.964 bits per heavy atom. The molecule has 2 heterocycles. The number of carbonyl (C=O) groups is 1. The first kappa shape index (κ1) is 18.1. The van der Waals surface area contributed by atoms with Gasteiger partial charge in [0.25, 0.3) is 5.91 Å². The third-order valence-corrected chi connectivity index (χ3v) is 4.54. The maximum absolute atomic E-state index is 12.4. The lowest BCUT2D eigenvalue weighted by Gasteiger charge is -2.09. The topological polar surface area (TPSA) is 72.5 Å². The number of rotatable bonds is 6. The lowest BCUT2D eigenvalue weighted by molar-refractivity contribution is 0.0946. The fourth-order valence-corrected chi connectivity index (χ4v) is 2.92. The molecule has 4 rings (SSSR count). The summed E-state index contributed by atoms with van der Waals surface area (Å²) < 4.78 is 10.6. The van der Waals surface area contributed by atoms with Crippen LogP contribution in [0.25, 0.3) is 0 Å². The van der Waals surface area contributed by atoms with Gasteiger partial charge in [-0.05, 0) is 47.5 Å². The molecule has 2 aromatic carbocycles. The smallest absolute Gasteiger partial charge is 0.270 e. The van der Waals surface area contributed by atoms with Crippen molar-refractivity contribution in [3.8, 4) is 11.5 Å². The Morgan fingerprint density at radius 3 is 2.61 bits per heavy atom. The summed E-state index contributed by atoms with van der Waals surface area (Å²) in [4.78, 5) is 16.6. The second kappa shape index (κ2) is 8.19. The molecule has 1 aromatic heterocycles. The molecule has 142 valence electrons. The first-order valence-electron chi connectivity index (χ1n) is 8.78. The number of aromatic nitrogens is 1. The summed E-state index contributed by atoms with van der Waals surface area (Å²) in [5, 5.41) is 6.86. The maximum atomic E-state index is 12.4. The first-order chi connectivity index (χ1) is 13.7. The monoisotopic (exact) mass is 395 g/mol. The van der Waals surface area contributed by atoms with E-state index in [2.05, 4.69) is 15.6 Å². The van der Waals surface area contributed by atoms with Crippen LogP contribution in [0.2, 0.25) is 5.02 Å². The minimum atomic E-state index is -0.243. The van der Waals surface area contributed by atoms with E-state index < -0.39 is 0 Å². The predicted octanol–water partition coefficient (Wildman–Crippen LogP) is 4.01. The van der Waals surface area contributed by atoms with Gasteiger partial charge in [0.15, 0.2) is 11.5 Å². The van der Waals surface area contributed by atoms with E-state index in [9.17, 15) is 4.79 Å². The average Bonchev–Trinajstić information content (AvgIpc) is 3.20. The van der Waals surface area contributed by atoms with E-state index in [0.29, 0.717) is 29.6 Å². The largest absolute Gasteiger partial charge is 0.454 e. The molecule has 3 aromatic rings. The summed E-state index contributed by atoms with van der Waals surface area (Å²) in [7, 11) is 0. The molecule has 28 heavy (non-hydrogen) atoms. The molecule has 0 saturated heterocycles. The SMILES string of the molecule is O=C(NCc1ccc2c(c1)OCO2)c1cc(NCc2ccc(Cl)cc2)ccn1. The molecule has 0 fully saturated rings. The summed E-state index contributed by atoms with van der Waals surface area (Å²) in [5.74, 6) is 1.17. The first-order valence-corrected chi connectivity index (χ1v) is 9.16. The van der Waals surface area contributed by atoms with Crippen LogP contribution in [-0.4, -0.2) is 17.7 Å². The molecule has 0 spiro atoms.